The molecule has 21 heavy (non-hydrogen) atoms. The summed E-state index contributed by atoms with van der Waals surface area (Å²) in [6.45, 7) is 2.58. The molecule has 2 rings (SSSR count). The number of ether oxygens (including phenoxy) is 2. The van der Waals surface area contributed by atoms with Crippen molar-refractivity contribution in [1.29, 1.82) is 0 Å². The van der Waals surface area contributed by atoms with Crippen molar-refractivity contribution < 1.29 is 14.6 Å². The Hall–Kier alpha value is -2.28. The van der Waals surface area contributed by atoms with E-state index in [2.05, 4.69) is 15.3 Å². The van der Waals surface area contributed by atoms with E-state index in [0.717, 1.165) is 0 Å². The standard InChI is InChI=1S/C14H20N4O3/c1-8(7-19)6-16-14-17-10-5-12(21-3)11(20-2)4-9(10)13(15)18-14/h4-5,8,19H,6-7H2,1-3H3,(H3,15,16,17,18). The van der Waals surface area contributed by atoms with Crippen LogP contribution in [0.5, 0.6) is 11.5 Å². The first kappa shape index (κ1) is 15.1. The number of anilines is 2. The van der Waals surface area contributed by atoms with E-state index < -0.39 is 0 Å². The summed E-state index contributed by atoms with van der Waals surface area (Å²) in [5.74, 6) is 2.05. The van der Waals surface area contributed by atoms with Gasteiger partial charge in [0.15, 0.2) is 11.5 Å². The molecule has 1 unspecified atom stereocenters. The van der Waals surface area contributed by atoms with Crippen LogP contribution < -0.4 is 20.5 Å². The van der Waals surface area contributed by atoms with Crippen molar-refractivity contribution >= 4 is 22.7 Å². The van der Waals surface area contributed by atoms with Crippen LogP contribution in [0.1, 0.15) is 6.92 Å². The summed E-state index contributed by atoms with van der Waals surface area (Å²) in [4.78, 5) is 8.62. The fourth-order valence-electron chi connectivity index (χ4n) is 1.89. The van der Waals surface area contributed by atoms with Crippen LogP contribution in [0.25, 0.3) is 10.9 Å². The van der Waals surface area contributed by atoms with Crippen LogP contribution in [0.2, 0.25) is 0 Å². The maximum Gasteiger partial charge on any atom is 0.225 e. The number of aliphatic hydroxyl groups is 1. The molecule has 0 radical (unpaired) electrons. The summed E-state index contributed by atoms with van der Waals surface area (Å²) in [6, 6.07) is 3.51. The van der Waals surface area contributed by atoms with Crippen molar-refractivity contribution in [2.24, 2.45) is 5.92 Å². The number of aromatic nitrogens is 2. The van der Waals surface area contributed by atoms with E-state index >= 15 is 0 Å². The van der Waals surface area contributed by atoms with Crippen molar-refractivity contribution in [1.82, 2.24) is 9.97 Å². The lowest BCUT2D eigenvalue weighted by molar-refractivity contribution is 0.244. The number of hydrogen-bond acceptors (Lipinski definition) is 7. The van der Waals surface area contributed by atoms with Gasteiger partial charge >= 0.3 is 0 Å². The highest BCUT2D eigenvalue weighted by molar-refractivity contribution is 5.91. The third-order valence-corrected chi connectivity index (χ3v) is 3.15. The molecule has 1 aromatic heterocycles. The lowest BCUT2D eigenvalue weighted by Crippen LogP contribution is -2.16. The summed E-state index contributed by atoms with van der Waals surface area (Å²) in [6.07, 6.45) is 0. The van der Waals surface area contributed by atoms with Gasteiger partial charge in [-0.05, 0) is 12.0 Å². The number of nitrogens with zero attached hydrogens (tertiary/aromatic N) is 2. The summed E-state index contributed by atoms with van der Waals surface area (Å²) in [7, 11) is 3.13. The van der Waals surface area contributed by atoms with Gasteiger partial charge in [-0.1, -0.05) is 6.92 Å². The first-order valence-electron chi connectivity index (χ1n) is 6.63. The molecular formula is C14H20N4O3. The third-order valence-electron chi connectivity index (χ3n) is 3.15. The quantitative estimate of drug-likeness (QED) is 0.736. The largest absolute Gasteiger partial charge is 0.493 e. The van der Waals surface area contributed by atoms with Crippen molar-refractivity contribution in [3.63, 3.8) is 0 Å². The highest BCUT2D eigenvalue weighted by Gasteiger charge is 2.12. The fourth-order valence-corrected chi connectivity index (χ4v) is 1.89. The molecule has 0 saturated carbocycles. The van der Waals surface area contributed by atoms with Gasteiger partial charge in [-0.3, -0.25) is 0 Å². The number of benzene rings is 1. The minimum absolute atomic E-state index is 0.0983. The van der Waals surface area contributed by atoms with Crippen molar-refractivity contribution in [2.75, 3.05) is 38.4 Å². The predicted octanol–water partition coefficient (Wildman–Crippen LogP) is 1.27. The fraction of sp³-hybridized carbons (Fsp3) is 0.429. The normalized spacial score (nSPS) is 12.2. The summed E-state index contributed by atoms with van der Waals surface area (Å²) >= 11 is 0. The van der Waals surface area contributed by atoms with Crippen LogP contribution in [0.4, 0.5) is 11.8 Å². The van der Waals surface area contributed by atoms with Gasteiger partial charge < -0.3 is 25.6 Å². The number of rotatable bonds is 6. The number of nitrogens with one attached hydrogen (secondary N) is 1. The minimum atomic E-state index is 0.0983. The predicted molar refractivity (Wildman–Crippen MR) is 81.8 cm³/mol. The third kappa shape index (κ3) is 3.25. The molecule has 2 aromatic rings. The van der Waals surface area contributed by atoms with E-state index in [1.54, 1.807) is 26.4 Å². The topological polar surface area (TPSA) is 103 Å². The smallest absolute Gasteiger partial charge is 0.225 e. The van der Waals surface area contributed by atoms with Crippen LogP contribution >= 0.6 is 0 Å². The van der Waals surface area contributed by atoms with E-state index in [0.29, 0.717) is 40.7 Å². The molecule has 1 heterocycles. The van der Waals surface area contributed by atoms with Crippen LogP contribution in [-0.2, 0) is 0 Å². The second-order valence-corrected chi connectivity index (χ2v) is 4.83. The molecule has 7 nitrogen and oxygen atoms in total. The van der Waals surface area contributed by atoms with Crippen molar-refractivity contribution in [2.45, 2.75) is 6.92 Å². The summed E-state index contributed by atoms with van der Waals surface area (Å²) in [5, 5.41) is 12.8. The van der Waals surface area contributed by atoms with Gasteiger partial charge in [-0.25, -0.2) is 4.98 Å². The van der Waals surface area contributed by atoms with Crippen LogP contribution in [0, 0.1) is 5.92 Å². The van der Waals surface area contributed by atoms with E-state index in [4.69, 9.17) is 20.3 Å². The lowest BCUT2D eigenvalue weighted by Gasteiger charge is -2.13. The Kier molecular flexibility index (Phi) is 4.64. The van der Waals surface area contributed by atoms with Crippen LogP contribution in [0.15, 0.2) is 12.1 Å². The van der Waals surface area contributed by atoms with Gasteiger partial charge in [0, 0.05) is 24.6 Å². The molecule has 1 aromatic carbocycles. The van der Waals surface area contributed by atoms with Gasteiger partial charge in [-0.2, -0.15) is 4.98 Å². The second kappa shape index (κ2) is 6.45. The summed E-state index contributed by atoms with van der Waals surface area (Å²) in [5.41, 5.74) is 6.64. The van der Waals surface area contributed by atoms with E-state index in [1.165, 1.54) is 0 Å². The Morgan fingerprint density at radius 3 is 2.52 bits per heavy atom. The first-order valence-corrected chi connectivity index (χ1v) is 6.63. The Morgan fingerprint density at radius 1 is 1.24 bits per heavy atom. The highest BCUT2D eigenvalue weighted by Crippen LogP contribution is 2.33. The van der Waals surface area contributed by atoms with Gasteiger partial charge in [0.2, 0.25) is 5.95 Å². The molecule has 0 amide bonds. The molecule has 7 heteroatoms. The number of nitrogen functional groups attached to an aromatic ring is 1. The number of fused-ring (bicyclic) bond motifs is 1. The Balaban J connectivity index is 2.39. The van der Waals surface area contributed by atoms with Crippen molar-refractivity contribution in [3.8, 4) is 11.5 Å². The Bertz CT molecular complexity index is 633. The van der Waals surface area contributed by atoms with E-state index in [9.17, 15) is 0 Å². The molecule has 1 atom stereocenters. The number of nitrogens with two attached hydrogens (primary N) is 1. The lowest BCUT2D eigenvalue weighted by atomic mass is 10.2. The van der Waals surface area contributed by atoms with E-state index in [-0.39, 0.29) is 12.5 Å². The molecule has 0 saturated heterocycles. The Labute approximate surface area is 123 Å². The SMILES string of the molecule is COc1cc2nc(NCC(C)CO)nc(N)c2cc1OC. The van der Waals surface area contributed by atoms with Crippen LogP contribution in [0.3, 0.4) is 0 Å². The number of aliphatic hydroxyl groups excluding tert-OH is 1. The second-order valence-electron chi connectivity index (χ2n) is 4.83. The molecular weight excluding hydrogens is 272 g/mol. The average Bonchev–Trinajstić information content (AvgIpc) is 2.51. The molecule has 4 N–H and O–H groups in total. The molecule has 0 fully saturated rings. The minimum Gasteiger partial charge on any atom is -0.493 e. The molecule has 0 spiro atoms. The highest BCUT2D eigenvalue weighted by atomic mass is 16.5. The van der Waals surface area contributed by atoms with Crippen LogP contribution in [-0.4, -0.2) is 42.4 Å². The maximum absolute atomic E-state index is 9.03. The van der Waals surface area contributed by atoms with Gasteiger partial charge in [0.05, 0.1) is 19.7 Å². The first-order chi connectivity index (χ1) is 10.1. The summed E-state index contributed by atoms with van der Waals surface area (Å²) < 4.78 is 10.5. The zero-order valence-corrected chi connectivity index (χ0v) is 12.4. The average molecular weight is 292 g/mol. The van der Waals surface area contributed by atoms with Gasteiger partial charge in [0.1, 0.15) is 5.82 Å². The van der Waals surface area contributed by atoms with E-state index in [1.807, 2.05) is 6.92 Å². The molecule has 114 valence electrons. The molecule has 0 aliphatic heterocycles. The molecule has 0 aliphatic rings. The number of methoxy groups -OCH3 is 2. The maximum atomic E-state index is 9.03. The molecule has 0 aliphatic carbocycles. The van der Waals surface area contributed by atoms with Gasteiger partial charge in [0.25, 0.3) is 0 Å². The monoisotopic (exact) mass is 292 g/mol. The Morgan fingerprint density at radius 2 is 1.90 bits per heavy atom. The number of hydrogen-bond donors (Lipinski definition) is 3. The molecule has 0 bridgehead atoms. The zero-order valence-electron chi connectivity index (χ0n) is 12.4. The zero-order chi connectivity index (χ0) is 15.4. The van der Waals surface area contributed by atoms with Crippen molar-refractivity contribution in [3.05, 3.63) is 12.1 Å². The van der Waals surface area contributed by atoms with Gasteiger partial charge in [-0.15, -0.1) is 0 Å².